The molecular weight excluding hydrogens is 368 g/mol. The first-order valence-corrected chi connectivity index (χ1v) is 8.96. The minimum absolute atomic E-state index is 0.0323. The lowest BCUT2D eigenvalue weighted by molar-refractivity contribution is -0.117. The smallest absolute Gasteiger partial charge is 0.387 e. The number of carbonyl (C=O) groups excluding carboxylic acids is 2. The van der Waals surface area contributed by atoms with Crippen molar-refractivity contribution in [3.05, 3.63) is 59.7 Å². The second kappa shape index (κ2) is 9.16. The van der Waals surface area contributed by atoms with Gasteiger partial charge in [-0.3, -0.25) is 4.79 Å². The molecule has 0 spiro atoms. The molecule has 3 rings (SSSR count). The van der Waals surface area contributed by atoms with E-state index in [1.807, 2.05) is 24.3 Å². The van der Waals surface area contributed by atoms with Gasteiger partial charge in [0.15, 0.2) is 0 Å². The molecule has 1 saturated heterocycles. The number of ether oxygens (including phenoxy) is 1. The van der Waals surface area contributed by atoms with Crippen molar-refractivity contribution in [1.29, 1.82) is 0 Å². The average Bonchev–Trinajstić information content (AvgIpc) is 3.11. The topological polar surface area (TPSA) is 70.7 Å². The summed E-state index contributed by atoms with van der Waals surface area (Å²) in [6.07, 6.45) is 1.45. The predicted octanol–water partition coefficient (Wildman–Crippen LogP) is 3.41. The molecule has 2 N–H and O–H groups in total. The Bertz CT molecular complexity index is 828. The fourth-order valence-corrected chi connectivity index (χ4v) is 3.00. The molecule has 0 saturated carbocycles. The maximum Gasteiger partial charge on any atom is 0.387 e. The summed E-state index contributed by atoms with van der Waals surface area (Å²) in [7, 11) is 0. The van der Waals surface area contributed by atoms with Gasteiger partial charge in [-0.05, 0) is 30.2 Å². The number of rotatable bonds is 7. The maximum absolute atomic E-state index is 12.4. The van der Waals surface area contributed by atoms with Crippen LogP contribution in [0.1, 0.15) is 24.0 Å². The Hall–Kier alpha value is -3.16. The Balaban J connectivity index is 1.48. The standard InChI is InChI=1S/C20H21F2N3O3/c21-19(22)28-17-5-2-1-4-15(17)13-24-20(27)23-12-14-7-9-16(10-8-14)25-11-3-6-18(25)26/h1-2,4-5,7-10,19H,3,6,11-13H2,(H2,23,24,27). The molecule has 8 heteroatoms. The lowest BCUT2D eigenvalue weighted by Gasteiger charge is -2.16. The van der Waals surface area contributed by atoms with Gasteiger partial charge < -0.3 is 20.3 Å². The molecule has 0 unspecified atom stereocenters. The van der Waals surface area contributed by atoms with Crippen LogP contribution < -0.4 is 20.3 Å². The van der Waals surface area contributed by atoms with Gasteiger partial charge in [0.2, 0.25) is 5.91 Å². The molecule has 1 aliphatic heterocycles. The molecule has 0 aliphatic carbocycles. The Morgan fingerprint density at radius 1 is 1.07 bits per heavy atom. The minimum atomic E-state index is -2.92. The fourth-order valence-electron chi connectivity index (χ4n) is 3.00. The third-order valence-electron chi connectivity index (χ3n) is 4.40. The molecule has 0 bridgehead atoms. The van der Waals surface area contributed by atoms with Gasteiger partial charge in [0, 0.05) is 37.3 Å². The second-order valence-corrected chi connectivity index (χ2v) is 6.34. The predicted molar refractivity (Wildman–Crippen MR) is 100 cm³/mol. The first-order chi connectivity index (χ1) is 13.5. The fraction of sp³-hybridized carbons (Fsp3) is 0.300. The summed E-state index contributed by atoms with van der Waals surface area (Å²) in [6.45, 7) is -1.83. The highest BCUT2D eigenvalue weighted by Gasteiger charge is 2.21. The van der Waals surface area contributed by atoms with E-state index in [4.69, 9.17) is 0 Å². The van der Waals surface area contributed by atoms with Crippen LogP contribution in [0.25, 0.3) is 0 Å². The van der Waals surface area contributed by atoms with Crippen LogP contribution in [0.3, 0.4) is 0 Å². The number of carbonyl (C=O) groups is 2. The Morgan fingerprint density at radius 3 is 2.46 bits per heavy atom. The zero-order valence-corrected chi connectivity index (χ0v) is 15.2. The van der Waals surface area contributed by atoms with E-state index in [0.29, 0.717) is 18.5 Å². The first kappa shape index (κ1) is 19.6. The van der Waals surface area contributed by atoms with Crippen LogP contribution in [0.4, 0.5) is 19.3 Å². The van der Waals surface area contributed by atoms with E-state index in [9.17, 15) is 18.4 Å². The van der Waals surface area contributed by atoms with Crippen molar-refractivity contribution in [3.8, 4) is 5.75 Å². The van der Waals surface area contributed by atoms with Crippen molar-refractivity contribution in [2.24, 2.45) is 0 Å². The molecule has 148 valence electrons. The highest BCUT2D eigenvalue weighted by molar-refractivity contribution is 5.95. The number of hydrogen-bond donors (Lipinski definition) is 2. The van der Waals surface area contributed by atoms with Crippen LogP contribution in [-0.2, 0) is 17.9 Å². The number of amides is 3. The molecule has 28 heavy (non-hydrogen) atoms. The Morgan fingerprint density at radius 2 is 1.79 bits per heavy atom. The molecule has 0 atom stereocenters. The number of nitrogens with zero attached hydrogens (tertiary/aromatic N) is 1. The zero-order valence-electron chi connectivity index (χ0n) is 15.2. The molecule has 1 aliphatic rings. The number of anilines is 1. The summed E-state index contributed by atoms with van der Waals surface area (Å²) < 4.78 is 29.3. The van der Waals surface area contributed by atoms with Crippen LogP contribution in [0, 0.1) is 0 Å². The van der Waals surface area contributed by atoms with Gasteiger partial charge in [-0.15, -0.1) is 0 Å². The largest absolute Gasteiger partial charge is 0.434 e. The molecule has 2 aromatic carbocycles. The third-order valence-corrected chi connectivity index (χ3v) is 4.40. The molecule has 1 heterocycles. The molecule has 1 fully saturated rings. The van der Waals surface area contributed by atoms with Crippen molar-refractivity contribution in [2.75, 3.05) is 11.4 Å². The highest BCUT2D eigenvalue weighted by Crippen LogP contribution is 2.22. The summed E-state index contributed by atoms with van der Waals surface area (Å²) in [4.78, 5) is 25.5. The SMILES string of the molecule is O=C(NCc1ccc(N2CCCC2=O)cc1)NCc1ccccc1OC(F)F. The van der Waals surface area contributed by atoms with E-state index in [1.165, 1.54) is 6.07 Å². The van der Waals surface area contributed by atoms with Gasteiger partial charge in [-0.2, -0.15) is 8.78 Å². The van der Waals surface area contributed by atoms with E-state index in [0.717, 1.165) is 24.2 Å². The number of benzene rings is 2. The summed E-state index contributed by atoms with van der Waals surface area (Å²) in [6, 6.07) is 13.3. The van der Waals surface area contributed by atoms with Crippen LogP contribution in [0.15, 0.2) is 48.5 Å². The van der Waals surface area contributed by atoms with Gasteiger partial charge >= 0.3 is 12.6 Å². The van der Waals surface area contributed by atoms with Gasteiger partial charge in [-0.25, -0.2) is 4.79 Å². The molecule has 0 radical (unpaired) electrons. The van der Waals surface area contributed by atoms with Gasteiger partial charge in [0.25, 0.3) is 0 Å². The van der Waals surface area contributed by atoms with Gasteiger partial charge in [-0.1, -0.05) is 30.3 Å². The third kappa shape index (κ3) is 5.18. The Kier molecular flexibility index (Phi) is 6.41. The number of para-hydroxylation sites is 1. The maximum atomic E-state index is 12.4. The summed E-state index contributed by atoms with van der Waals surface area (Å²) in [5.41, 5.74) is 2.19. The van der Waals surface area contributed by atoms with Crippen LogP contribution in [0.5, 0.6) is 5.75 Å². The molecule has 6 nitrogen and oxygen atoms in total. The Labute approximate surface area is 161 Å². The van der Waals surface area contributed by atoms with E-state index < -0.39 is 12.6 Å². The van der Waals surface area contributed by atoms with Gasteiger partial charge in [0.05, 0.1) is 0 Å². The number of alkyl halides is 2. The second-order valence-electron chi connectivity index (χ2n) is 6.34. The van der Waals surface area contributed by atoms with Crippen molar-refractivity contribution in [2.45, 2.75) is 32.5 Å². The number of halogens is 2. The van der Waals surface area contributed by atoms with E-state index in [-0.39, 0.29) is 18.2 Å². The van der Waals surface area contributed by atoms with Crippen molar-refractivity contribution in [3.63, 3.8) is 0 Å². The monoisotopic (exact) mass is 389 g/mol. The molecule has 2 aromatic rings. The van der Waals surface area contributed by atoms with Crippen LogP contribution in [-0.4, -0.2) is 25.1 Å². The molecule has 3 amide bonds. The number of urea groups is 1. The number of nitrogens with one attached hydrogen (secondary N) is 2. The lowest BCUT2D eigenvalue weighted by Crippen LogP contribution is -2.34. The van der Waals surface area contributed by atoms with Crippen molar-refractivity contribution in [1.82, 2.24) is 10.6 Å². The molecular formula is C20H21F2N3O3. The quantitative estimate of drug-likeness (QED) is 0.762. The van der Waals surface area contributed by atoms with Gasteiger partial charge in [0.1, 0.15) is 5.75 Å². The summed E-state index contributed by atoms with van der Waals surface area (Å²) >= 11 is 0. The lowest BCUT2D eigenvalue weighted by atomic mass is 10.2. The summed E-state index contributed by atoms with van der Waals surface area (Å²) in [5.74, 6) is 0.159. The van der Waals surface area contributed by atoms with Crippen molar-refractivity contribution >= 4 is 17.6 Å². The highest BCUT2D eigenvalue weighted by atomic mass is 19.3. The first-order valence-electron chi connectivity index (χ1n) is 8.96. The van der Waals surface area contributed by atoms with Crippen LogP contribution >= 0.6 is 0 Å². The average molecular weight is 389 g/mol. The zero-order chi connectivity index (χ0) is 19.9. The van der Waals surface area contributed by atoms with E-state index >= 15 is 0 Å². The normalized spacial score (nSPS) is 13.7. The van der Waals surface area contributed by atoms with Crippen LogP contribution in [0.2, 0.25) is 0 Å². The van der Waals surface area contributed by atoms with E-state index in [1.54, 1.807) is 23.1 Å². The minimum Gasteiger partial charge on any atom is -0.434 e. The van der Waals surface area contributed by atoms with E-state index in [2.05, 4.69) is 15.4 Å². The molecule has 0 aromatic heterocycles. The van der Waals surface area contributed by atoms with Crippen molar-refractivity contribution < 1.29 is 23.1 Å². The summed E-state index contributed by atoms with van der Waals surface area (Å²) in [5, 5.41) is 5.32. The number of hydrogen-bond acceptors (Lipinski definition) is 3.